The third-order valence-electron chi connectivity index (χ3n) is 3.37. The lowest BCUT2D eigenvalue weighted by atomic mass is 10.0. The Kier molecular flexibility index (Phi) is 6.24. The predicted octanol–water partition coefficient (Wildman–Crippen LogP) is -0.277. The highest BCUT2D eigenvalue weighted by atomic mass is 16.5. The van der Waals surface area contributed by atoms with Crippen molar-refractivity contribution in [1.82, 2.24) is 10.2 Å². The fourth-order valence-electron chi connectivity index (χ4n) is 1.97. The molecular weight excluding hydrogens is 246 g/mol. The lowest BCUT2D eigenvalue weighted by Crippen LogP contribution is -2.56. The van der Waals surface area contributed by atoms with Gasteiger partial charge in [-0.05, 0) is 12.8 Å². The summed E-state index contributed by atoms with van der Waals surface area (Å²) in [5, 5.41) is 2.73. The van der Waals surface area contributed by atoms with Crippen LogP contribution in [0, 0.1) is 5.92 Å². The molecule has 6 heteroatoms. The zero-order valence-electron chi connectivity index (χ0n) is 12.0. The third kappa shape index (κ3) is 4.47. The molecule has 110 valence electrons. The molecule has 0 radical (unpaired) electrons. The van der Waals surface area contributed by atoms with Gasteiger partial charge in [-0.15, -0.1) is 0 Å². The molecule has 3 N–H and O–H groups in total. The lowest BCUT2D eigenvalue weighted by Gasteiger charge is -2.35. The Hall–Kier alpha value is -1.14. The lowest BCUT2D eigenvalue weighted by molar-refractivity contribution is -0.148. The van der Waals surface area contributed by atoms with Gasteiger partial charge in [-0.1, -0.05) is 13.8 Å². The third-order valence-corrected chi connectivity index (χ3v) is 3.37. The van der Waals surface area contributed by atoms with Crippen LogP contribution in [0.15, 0.2) is 0 Å². The molecule has 0 spiro atoms. The van der Waals surface area contributed by atoms with E-state index in [-0.39, 0.29) is 36.8 Å². The van der Waals surface area contributed by atoms with E-state index in [1.165, 1.54) is 0 Å². The molecule has 1 heterocycles. The highest BCUT2D eigenvalue weighted by Crippen LogP contribution is 2.12. The Morgan fingerprint density at radius 1 is 1.47 bits per heavy atom. The summed E-state index contributed by atoms with van der Waals surface area (Å²) in [6.45, 7) is 7.54. The van der Waals surface area contributed by atoms with Crippen LogP contribution in [0.4, 0.5) is 0 Å². The van der Waals surface area contributed by atoms with Gasteiger partial charge < -0.3 is 20.7 Å². The number of amides is 2. The average molecular weight is 271 g/mol. The van der Waals surface area contributed by atoms with Gasteiger partial charge in [0.15, 0.2) is 0 Å². The minimum atomic E-state index is -0.527. The second-order valence-electron chi connectivity index (χ2n) is 5.18. The van der Waals surface area contributed by atoms with Gasteiger partial charge in [-0.25, -0.2) is 0 Å². The van der Waals surface area contributed by atoms with E-state index < -0.39 is 6.04 Å². The van der Waals surface area contributed by atoms with Crippen LogP contribution in [0.3, 0.4) is 0 Å². The Bertz CT molecular complexity index is 320. The summed E-state index contributed by atoms with van der Waals surface area (Å²) < 4.78 is 5.30. The Labute approximate surface area is 114 Å². The van der Waals surface area contributed by atoms with Crippen molar-refractivity contribution in [3.05, 3.63) is 0 Å². The number of nitrogens with zero attached hydrogens (tertiary/aromatic N) is 1. The molecule has 1 rings (SSSR count). The van der Waals surface area contributed by atoms with Gasteiger partial charge in [0, 0.05) is 25.6 Å². The van der Waals surface area contributed by atoms with E-state index in [9.17, 15) is 9.59 Å². The monoisotopic (exact) mass is 271 g/mol. The first kappa shape index (κ1) is 15.9. The number of carbonyl (C=O) groups excluding carboxylic acids is 2. The smallest absolute Gasteiger partial charge is 0.245 e. The first-order valence-electron chi connectivity index (χ1n) is 6.87. The van der Waals surface area contributed by atoms with Crippen molar-refractivity contribution < 1.29 is 14.3 Å². The molecule has 1 aliphatic rings. The molecule has 19 heavy (non-hydrogen) atoms. The summed E-state index contributed by atoms with van der Waals surface area (Å²) in [6.07, 6.45) is 0.271. The highest BCUT2D eigenvalue weighted by Gasteiger charge is 2.33. The molecule has 6 nitrogen and oxygen atoms in total. The van der Waals surface area contributed by atoms with Gasteiger partial charge in [0.25, 0.3) is 0 Å². The number of carbonyl (C=O) groups is 2. The van der Waals surface area contributed by atoms with Crippen LogP contribution in [-0.4, -0.2) is 55.1 Å². The van der Waals surface area contributed by atoms with Crippen molar-refractivity contribution in [1.29, 1.82) is 0 Å². The quantitative estimate of drug-likeness (QED) is 0.720. The normalized spacial score (nSPS) is 21.3. The minimum absolute atomic E-state index is 0.0687. The fourth-order valence-corrected chi connectivity index (χ4v) is 1.97. The topological polar surface area (TPSA) is 84.7 Å². The van der Waals surface area contributed by atoms with Gasteiger partial charge >= 0.3 is 0 Å². The molecule has 1 fully saturated rings. The second-order valence-corrected chi connectivity index (χ2v) is 5.18. The SMILES string of the molecule is CCNC(=O)C1COCCN1C(=O)CC(N)C(C)C. The number of nitrogens with one attached hydrogen (secondary N) is 1. The summed E-state index contributed by atoms with van der Waals surface area (Å²) in [5.41, 5.74) is 5.92. The summed E-state index contributed by atoms with van der Waals surface area (Å²) in [4.78, 5) is 25.8. The molecule has 0 bridgehead atoms. The Morgan fingerprint density at radius 3 is 2.74 bits per heavy atom. The van der Waals surface area contributed by atoms with Crippen molar-refractivity contribution in [2.45, 2.75) is 39.3 Å². The van der Waals surface area contributed by atoms with Crippen molar-refractivity contribution in [3.63, 3.8) is 0 Å². The first-order valence-corrected chi connectivity index (χ1v) is 6.87. The molecule has 2 amide bonds. The largest absolute Gasteiger partial charge is 0.377 e. The molecule has 2 unspecified atom stereocenters. The second kappa shape index (κ2) is 7.45. The van der Waals surface area contributed by atoms with Gasteiger partial charge in [0.2, 0.25) is 11.8 Å². The Balaban J connectivity index is 2.65. The zero-order chi connectivity index (χ0) is 14.4. The first-order chi connectivity index (χ1) is 8.97. The van der Waals surface area contributed by atoms with Crippen LogP contribution in [0.25, 0.3) is 0 Å². The predicted molar refractivity (Wildman–Crippen MR) is 72.4 cm³/mol. The zero-order valence-corrected chi connectivity index (χ0v) is 12.0. The summed E-state index contributed by atoms with van der Waals surface area (Å²) in [5.74, 6) is 0.0160. The molecule has 0 aromatic heterocycles. The highest BCUT2D eigenvalue weighted by molar-refractivity contribution is 5.88. The van der Waals surface area contributed by atoms with Crippen LogP contribution in [0.5, 0.6) is 0 Å². The minimum Gasteiger partial charge on any atom is -0.377 e. The van der Waals surface area contributed by atoms with Crippen molar-refractivity contribution in [2.75, 3.05) is 26.3 Å². The number of likely N-dealkylation sites (N-methyl/N-ethyl adjacent to an activating group) is 1. The number of morpholine rings is 1. The van der Waals surface area contributed by atoms with Crippen LogP contribution in [-0.2, 0) is 14.3 Å². The van der Waals surface area contributed by atoms with E-state index in [2.05, 4.69) is 5.32 Å². The van der Waals surface area contributed by atoms with E-state index in [1.807, 2.05) is 20.8 Å². The molecule has 1 aliphatic heterocycles. The number of ether oxygens (including phenoxy) is 1. The number of nitrogens with two attached hydrogens (primary N) is 1. The van der Waals surface area contributed by atoms with Gasteiger partial charge in [0.1, 0.15) is 6.04 Å². The van der Waals surface area contributed by atoms with Crippen LogP contribution in [0.1, 0.15) is 27.2 Å². The average Bonchev–Trinajstić information content (AvgIpc) is 2.38. The Morgan fingerprint density at radius 2 is 2.16 bits per heavy atom. The maximum Gasteiger partial charge on any atom is 0.245 e. The molecule has 0 aromatic carbocycles. The van der Waals surface area contributed by atoms with Crippen LogP contribution < -0.4 is 11.1 Å². The van der Waals surface area contributed by atoms with Gasteiger partial charge in [-0.3, -0.25) is 9.59 Å². The van der Waals surface area contributed by atoms with Crippen LogP contribution >= 0.6 is 0 Å². The van der Waals surface area contributed by atoms with E-state index in [1.54, 1.807) is 4.90 Å². The molecule has 0 aromatic rings. The van der Waals surface area contributed by atoms with E-state index in [0.717, 1.165) is 0 Å². The maximum absolute atomic E-state index is 12.2. The molecule has 0 saturated carbocycles. The van der Waals surface area contributed by atoms with Crippen molar-refractivity contribution >= 4 is 11.8 Å². The standard InChI is InChI=1S/C13H25N3O3/c1-4-15-13(18)11-8-19-6-5-16(11)12(17)7-10(14)9(2)3/h9-11H,4-8,14H2,1-3H3,(H,15,18). The van der Waals surface area contributed by atoms with Crippen LogP contribution in [0.2, 0.25) is 0 Å². The molecule has 0 aliphatic carbocycles. The molecule has 2 atom stereocenters. The molecular formula is C13H25N3O3. The van der Waals surface area contributed by atoms with E-state index in [0.29, 0.717) is 19.7 Å². The number of hydrogen-bond donors (Lipinski definition) is 2. The van der Waals surface area contributed by atoms with E-state index >= 15 is 0 Å². The van der Waals surface area contributed by atoms with Crippen molar-refractivity contribution in [2.24, 2.45) is 11.7 Å². The van der Waals surface area contributed by atoms with Gasteiger partial charge in [0.05, 0.1) is 13.2 Å². The fraction of sp³-hybridized carbons (Fsp3) is 0.846. The maximum atomic E-state index is 12.2. The van der Waals surface area contributed by atoms with Gasteiger partial charge in [-0.2, -0.15) is 0 Å². The van der Waals surface area contributed by atoms with E-state index in [4.69, 9.17) is 10.5 Å². The number of hydrogen-bond acceptors (Lipinski definition) is 4. The summed E-state index contributed by atoms with van der Waals surface area (Å²) in [7, 11) is 0. The molecule has 1 saturated heterocycles. The number of rotatable bonds is 5. The summed E-state index contributed by atoms with van der Waals surface area (Å²) >= 11 is 0. The summed E-state index contributed by atoms with van der Waals surface area (Å²) in [6, 6.07) is -0.703. The van der Waals surface area contributed by atoms with Crippen molar-refractivity contribution in [3.8, 4) is 0 Å².